The van der Waals surface area contributed by atoms with Gasteiger partial charge in [0.15, 0.2) is 0 Å². The average Bonchev–Trinajstić information content (AvgIpc) is 2.73. The van der Waals surface area contributed by atoms with Crippen molar-refractivity contribution in [1.82, 2.24) is 20.4 Å². The molecule has 1 unspecified atom stereocenters. The minimum atomic E-state index is -4.83. The number of alkyl halides is 6. The van der Waals surface area contributed by atoms with Gasteiger partial charge in [0.1, 0.15) is 12.2 Å². The van der Waals surface area contributed by atoms with E-state index in [1.54, 1.807) is 0 Å². The first-order valence-corrected chi connectivity index (χ1v) is 9.00. The van der Waals surface area contributed by atoms with Crippen LogP contribution in [0.25, 0.3) is 0 Å². The quantitative estimate of drug-likeness (QED) is 0.523. The maximum atomic E-state index is 12.7. The standard InChI is InChI=1S/C18H15F6N5O3/c19-17(20,21)12-7-26-16(27-8-12)29-3-1-11(2-4-29)14(30)28-32-9-10-5-13(18(22,23)24)15(31)25-6-10/h1,3,5-8,11H,2,4,9H2,(H,25,31)(H,28,30). The minimum absolute atomic E-state index is 0.0120. The third-order valence-electron chi connectivity index (χ3n) is 4.42. The van der Waals surface area contributed by atoms with Crippen molar-refractivity contribution in [3.8, 4) is 0 Å². The molecular weight excluding hydrogens is 448 g/mol. The number of halogens is 6. The second-order valence-electron chi connectivity index (χ2n) is 6.70. The number of aromatic nitrogens is 3. The van der Waals surface area contributed by atoms with E-state index in [1.807, 2.05) is 4.98 Å². The summed E-state index contributed by atoms with van der Waals surface area (Å²) in [7, 11) is 0. The Kier molecular flexibility index (Phi) is 6.52. The molecule has 0 radical (unpaired) electrons. The zero-order valence-electron chi connectivity index (χ0n) is 16.0. The third-order valence-corrected chi connectivity index (χ3v) is 4.42. The number of nitrogens with zero attached hydrogens (tertiary/aromatic N) is 3. The van der Waals surface area contributed by atoms with Gasteiger partial charge in [0, 0.05) is 31.3 Å². The number of nitrogens with one attached hydrogen (secondary N) is 2. The van der Waals surface area contributed by atoms with Crippen molar-refractivity contribution in [2.45, 2.75) is 25.4 Å². The zero-order valence-corrected chi connectivity index (χ0v) is 16.0. The van der Waals surface area contributed by atoms with Crippen molar-refractivity contribution in [3.05, 3.63) is 64.0 Å². The van der Waals surface area contributed by atoms with E-state index in [9.17, 15) is 35.9 Å². The Morgan fingerprint density at radius 2 is 1.88 bits per heavy atom. The lowest BCUT2D eigenvalue weighted by molar-refractivity contribution is -0.140. The fraction of sp³-hybridized carbons (Fsp3) is 0.333. The van der Waals surface area contributed by atoms with Gasteiger partial charge in [0.2, 0.25) is 5.95 Å². The van der Waals surface area contributed by atoms with Gasteiger partial charge in [-0.1, -0.05) is 6.08 Å². The van der Waals surface area contributed by atoms with Crippen LogP contribution in [0.5, 0.6) is 0 Å². The molecule has 0 aromatic carbocycles. The number of aromatic amines is 1. The van der Waals surface area contributed by atoms with Crippen LogP contribution in [0, 0.1) is 5.92 Å². The van der Waals surface area contributed by atoms with Gasteiger partial charge in [-0.2, -0.15) is 26.3 Å². The van der Waals surface area contributed by atoms with Crippen LogP contribution < -0.4 is 15.9 Å². The van der Waals surface area contributed by atoms with E-state index in [2.05, 4.69) is 15.4 Å². The van der Waals surface area contributed by atoms with Crippen LogP contribution in [0.4, 0.5) is 32.3 Å². The van der Waals surface area contributed by atoms with Crippen molar-refractivity contribution in [3.63, 3.8) is 0 Å². The van der Waals surface area contributed by atoms with E-state index in [0.29, 0.717) is 18.5 Å². The fourth-order valence-corrected chi connectivity index (χ4v) is 2.75. The molecule has 0 fully saturated rings. The molecule has 3 rings (SSSR count). The summed E-state index contributed by atoms with van der Waals surface area (Å²) in [6.45, 7) is -0.192. The molecule has 1 aliphatic heterocycles. The highest BCUT2D eigenvalue weighted by Crippen LogP contribution is 2.29. The Balaban J connectivity index is 1.53. The van der Waals surface area contributed by atoms with E-state index >= 15 is 0 Å². The first kappa shape index (κ1) is 23.2. The lowest BCUT2D eigenvalue weighted by Gasteiger charge is -2.25. The average molecular weight is 463 g/mol. The number of carbonyl (C=O) groups is 1. The Bertz CT molecular complexity index is 1050. The monoisotopic (exact) mass is 463 g/mol. The fourth-order valence-electron chi connectivity index (χ4n) is 2.75. The number of pyridine rings is 1. The molecule has 2 aromatic heterocycles. The number of H-pyrrole nitrogens is 1. The van der Waals surface area contributed by atoms with Crippen LogP contribution in [-0.2, 0) is 28.6 Å². The summed E-state index contributed by atoms with van der Waals surface area (Å²) in [4.78, 5) is 39.1. The Morgan fingerprint density at radius 3 is 2.44 bits per heavy atom. The Hall–Kier alpha value is -3.42. The van der Waals surface area contributed by atoms with Crippen LogP contribution >= 0.6 is 0 Å². The molecule has 1 atom stereocenters. The van der Waals surface area contributed by atoms with E-state index in [0.717, 1.165) is 6.20 Å². The molecular formula is C18H15F6N5O3. The highest BCUT2D eigenvalue weighted by molar-refractivity contribution is 5.79. The van der Waals surface area contributed by atoms with Crippen molar-refractivity contribution >= 4 is 11.9 Å². The summed E-state index contributed by atoms with van der Waals surface area (Å²) in [5.41, 5.74) is -1.56. The van der Waals surface area contributed by atoms with Crippen LogP contribution in [0.1, 0.15) is 23.1 Å². The van der Waals surface area contributed by atoms with Crippen LogP contribution in [0.3, 0.4) is 0 Å². The molecule has 2 N–H and O–H groups in total. The minimum Gasteiger partial charge on any atom is -0.328 e. The van der Waals surface area contributed by atoms with Gasteiger partial charge in [0.25, 0.3) is 11.5 Å². The molecule has 2 aromatic rings. The molecule has 172 valence electrons. The Labute approximate surface area is 175 Å². The number of hydrogen-bond donors (Lipinski definition) is 2. The van der Waals surface area contributed by atoms with E-state index in [1.165, 1.54) is 17.2 Å². The summed E-state index contributed by atoms with van der Waals surface area (Å²) in [6, 6.07) is 0.618. The van der Waals surface area contributed by atoms with Gasteiger partial charge >= 0.3 is 12.4 Å². The number of rotatable bonds is 5. The summed E-state index contributed by atoms with van der Waals surface area (Å²) in [5.74, 6) is -1.19. The van der Waals surface area contributed by atoms with E-state index in [-0.39, 0.29) is 24.5 Å². The predicted octanol–water partition coefficient (Wildman–Crippen LogP) is 2.79. The summed E-state index contributed by atoms with van der Waals surface area (Å²) in [5, 5.41) is 0. The first-order valence-electron chi connectivity index (χ1n) is 9.00. The molecule has 14 heteroatoms. The SMILES string of the molecule is O=C(NOCc1c[nH]c(=O)c(C(F)(F)F)c1)C1C=CN(c2ncc(C(F)(F)F)cn2)CC1. The molecule has 32 heavy (non-hydrogen) atoms. The van der Waals surface area contributed by atoms with Crippen molar-refractivity contribution in [2.75, 3.05) is 11.4 Å². The zero-order chi connectivity index (χ0) is 23.5. The number of anilines is 1. The number of hydrogen-bond acceptors (Lipinski definition) is 6. The molecule has 0 bridgehead atoms. The normalized spacial score (nSPS) is 16.8. The predicted molar refractivity (Wildman–Crippen MR) is 96.6 cm³/mol. The highest BCUT2D eigenvalue weighted by atomic mass is 19.4. The highest BCUT2D eigenvalue weighted by Gasteiger charge is 2.34. The number of hydroxylamine groups is 1. The third kappa shape index (κ3) is 5.63. The number of carbonyl (C=O) groups excluding carboxylic acids is 1. The first-order chi connectivity index (χ1) is 14.9. The van der Waals surface area contributed by atoms with E-state index in [4.69, 9.17) is 4.84 Å². The second kappa shape index (κ2) is 8.98. The lowest BCUT2D eigenvalue weighted by Crippen LogP contribution is -2.35. The van der Waals surface area contributed by atoms with Gasteiger partial charge < -0.3 is 9.88 Å². The summed E-state index contributed by atoms with van der Waals surface area (Å²) in [6.07, 6.45) is -3.88. The van der Waals surface area contributed by atoms with Crippen molar-refractivity contribution in [2.24, 2.45) is 5.92 Å². The maximum absolute atomic E-state index is 12.7. The molecule has 0 spiro atoms. The van der Waals surface area contributed by atoms with Crippen molar-refractivity contribution < 1.29 is 36.0 Å². The Morgan fingerprint density at radius 1 is 1.19 bits per heavy atom. The van der Waals surface area contributed by atoms with Crippen LogP contribution in [0.15, 0.2) is 41.7 Å². The van der Waals surface area contributed by atoms with Crippen LogP contribution in [0.2, 0.25) is 0 Å². The van der Waals surface area contributed by atoms with Gasteiger partial charge in [-0.3, -0.25) is 14.4 Å². The summed E-state index contributed by atoms with van der Waals surface area (Å²) < 4.78 is 76.0. The lowest BCUT2D eigenvalue weighted by atomic mass is 10.0. The second-order valence-corrected chi connectivity index (χ2v) is 6.70. The molecule has 0 saturated heterocycles. The summed E-state index contributed by atoms with van der Waals surface area (Å²) >= 11 is 0. The maximum Gasteiger partial charge on any atom is 0.421 e. The van der Waals surface area contributed by atoms with E-state index < -0.39 is 47.5 Å². The van der Waals surface area contributed by atoms with Crippen molar-refractivity contribution in [1.29, 1.82) is 0 Å². The smallest absolute Gasteiger partial charge is 0.328 e. The van der Waals surface area contributed by atoms with Gasteiger partial charge in [-0.25, -0.2) is 15.4 Å². The molecule has 1 amide bonds. The largest absolute Gasteiger partial charge is 0.421 e. The molecule has 1 aliphatic rings. The van der Waals surface area contributed by atoms with Gasteiger partial charge in [0.05, 0.1) is 11.5 Å². The molecule has 0 aliphatic carbocycles. The van der Waals surface area contributed by atoms with Gasteiger partial charge in [-0.15, -0.1) is 0 Å². The molecule has 8 nitrogen and oxygen atoms in total. The number of amides is 1. The molecule has 0 saturated carbocycles. The molecule has 3 heterocycles. The van der Waals surface area contributed by atoms with Gasteiger partial charge in [-0.05, 0) is 18.1 Å². The topological polar surface area (TPSA) is 100 Å². The van der Waals surface area contributed by atoms with Crippen LogP contribution in [-0.4, -0.2) is 27.4 Å².